The highest BCUT2D eigenvalue weighted by molar-refractivity contribution is 5.67. The van der Waals surface area contributed by atoms with E-state index in [9.17, 15) is 22.4 Å². The predicted molar refractivity (Wildman–Crippen MR) is 67.9 cm³/mol. The van der Waals surface area contributed by atoms with Crippen molar-refractivity contribution in [3.05, 3.63) is 18.0 Å². The molecule has 1 aromatic rings. The van der Waals surface area contributed by atoms with Crippen molar-refractivity contribution in [1.82, 2.24) is 15.3 Å². The van der Waals surface area contributed by atoms with Crippen molar-refractivity contribution in [2.24, 2.45) is 0 Å². The standard InChI is InChI=1S/C12H14F4N4O2/c1-17-10(21)22-11(13)3-6-20(7-4-11)9-18-5-2-8(19-9)12(14,15)16/h2,5H,3-4,6-7H2,1H3,(H,17,21). The highest BCUT2D eigenvalue weighted by Crippen LogP contribution is 2.31. The number of carbonyl (C=O) groups excluding carboxylic acids is 1. The Morgan fingerprint density at radius 1 is 1.41 bits per heavy atom. The van der Waals surface area contributed by atoms with Crippen molar-refractivity contribution < 1.29 is 27.1 Å². The SMILES string of the molecule is CNC(=O)OC1(F)CCN(c2nccc(C(F)(F)F)n2)CC1. The number of piperidine rings is 1. The molecule has 0 unspecified atom stereocenters. The Bertz CT molecular complexity index is 544. The van der Waals surface area contributed by atoms with Gasteiger partial charge in [-0.2, -0.15) is 17.6 Å². The summed E-state index contributed by atoms with van der Waals surface area (Å²) in [7, 11) is 1.30. The Kier molecular flexibility index (Phi) is 4.38. The molecule has 0 spiro atoms. The maximum atomic E-state index is 14.2. The maximum absolute atomic E-state index is 14.2. The summed E-state index contributed by atoms with van der Waals surface area (Å²) < 4.78 is 56.7. The van der Waals surface area contributed by atoms with E-state index in [1.807, 2.05) is 0 Å². The minimum absolute atomic E-state index is 0.0365. The average Bonchev–Trinajstić information content (AvgIpc) is 2.47. The molecule has 1 amide bonds. The summed E-state index contributed by atoms with van der Waals surface area (Å²) in [4.78, 5) is 19.7. The molecular formula is C12H14F4N4O2. The lowest BCUT2D eigenvalue weighted by Crippen LogP contribution is -2.46. The first kappa shape index (κ1) is 16.2. The number of hydrogen-bond acceptors (Lipinski definition) is 5. The van der Waals surface area contributed by atoms with Gasteiger partial charge >= 0.3 is 12.3 Å². The molecule has 22 heavy (non-hydrogen) atoms. The van der Waals surface area contributed by atoms with Crippen LogP contribution < -0.4 is 10.2 Å². The van der Waals surface area contributed by atoms with Crippen LogP contribution >= 0.6 is 0 Å². The molecule has 10 heteroatoms. The molecule has 2 rings (SSSR count). The minimum Gasteiger partial charge on any atom is -0.412 e. The first-order valence-corrected chi connectivity index (χ1v) is 6.48. The van der Waals surface area contributed by atoms with Gasteiger partial charge in [-0.1, -0.05) is 0 Å². The number of aromatic nitrogens is 2. The van der Waals surface area contributed by atoms with Crippen LogP contribution in [0, 0.1) is 0 Å². The van der Waals surface area contributed by atoms with Gasteiger partial charge in [0.05, 0.1) is 0 Å². The summed E-state index contributed by atoms with van der Waals surface area (Å²) in [5, 5.41) is 2.14. The van der Waals surface area contributed by atoms with E-state index in [-0.39, 0.29) is 31.9 Å². The fourth-order valence-corrected chi connectivity index (χ4v) is 2.02. The number of ether oxygens (including phenoxy) is 1. The second kappa shape index (κ2) is 5.93. The monoisotopic (exact) mass is 322 g/mol. The van der Waals surface area contributed by atoms with Crippen molar-refractivity contribution >= 4 is 12.0 Å². The van der Waals surface area contributed by atoms with Crippen LogP contribution in [-0.4, -0.2) is 42.1 Å². The molecule has 1 fully saturated rings. The number of halogens is 4. The Hall–Kier alpha value is -2.13. The van der Waals surface area contributed by atoms with Gasteiger partial charge in [-0.3, -0.25) is 0 Å². The quantitative estimate of drug-likeness (QED) is 0.845. The van der Waals surface area contributed by atoms with E-state index in [1.165, 1.54) is 11.9 Å². The number of anilines is 1. The average molecular weight is 322 g/mol. The molecule has 1 aliphatic heterocycles. The molecule has 1 aliphatic rings. The molecule has 1 N–H and O–H groups in total. The summed E-state index contributed by atoms with van der Waals surface area (Å²) in [6.45, 7) is 0.0730. The highest BCUT2D eigenvalue weighted by Gasteiger charge is 2.39. The third kappa shape index (κ3) is 3.74. The summed E-state index contributed by atoms with van der Waals surface area (Å²) in [6.07, 6.45) is -4.82. The van der Waals surface area contributed by atoms with Crippen LogP contribution in [0.4, 0.5) is 28.3 Å². The second-order valence-corrected chi connectivity index (χ2v) is 4.75. The Morgan fingerprint density at radius 3 is 2.59 bits per heavy atom. The smallest absolute Gasteiger partial charge is 0.412 e. The van der Waals surface area contributed by atoms with Crippen LogP contribution in [0.5, 0.6) is 0 Å². The maximum Gasteiger partial charge on any atom is 0.433 e. The lowest BCUT2D eigenvalue weighted by molar-refractivity contribution is -0.141. The van der Waals surface area contributed by atoms with Crippen LogP contribution in [0.25, 0.3) is 0 Å². The van der Waals surface area contributed by atoms with Crippen molar-refractivity contribution in [2.75, 3.05) is 25.0 Å². The van der Waals surface area contributed by atoms with Gasteiger partial charge in [0.1, 0.15) is 5.69 Å². The summed E-state index contributed by atoms with van der Waals surface area (Å²) in [5.41, 5.74) is -1.06. The molecule has 0 radical (unpaired) electrons. The lowest BCUT2D eigenvalue weighted by Gasteiger charge is -2.35. The molecule has 1 aromatic heterocycles. The van der Waals surface area contributed by atoms with Crippen molar-refractivity contribution in [3.63, 3.8) is 0 Å². The molecule has 0 aliphatic carbocycles. The predicted octanol–water partition coefficient (Wildman–Crippen LogP) is 2.12. The van der Waals surface area contributed by atoms with Gasteiger partial charge in [0, 0.05) is 39.2 Å². The van der Waals surface area contributed by atoms with Gasteiger partial charge < -0.3 is 15.0 Å². The third-order valence-electron chi connectivity index (χ3n) is 3.21. The third-order valence-corrected chi connectivity index (χ3v) is 3.21. The van der Waals surface area contributed by atoms with E-state index in [0.717, 1.165) is 12.3 Å². The summed E-state index contributed by atoms with van der Waals surface area (Å²) in [5.74, 6) is -2.27. The number of nitrogens with one attached hydrogen (secondary N) is 1. The van der Waals surface area contributed by atoms with E-state index in [4.69, 9.17) is 0 Å². The van der Waals surface area contributed by atoms with Crippen LogP contribution in [0.1, 0.15) is 18.5 Å². The number of hydrogen-bond donors (Lipinski definition) is 1. The molecule has 0 aromatic carbocycles. The van der Waals surface area contributed by atoms with Gasteiger partial charge in [0.15, 0.2) is 0 Å². The largest absolute Gasteiger partial charge is 0.433 e. The number of rotatable bonds is 2. The molecule has 6 nitrogen and oxygen atoms in total. The molecule has 2 heterocycles. The molecule has 122 valence electrons. The number of carbonyl (C=O) groups is 1. The van der Waals surface area contributed by atoms with Crippen LogP contribution in [0.3, 0.4) is 0 Å². The number of nitrogens with zero attached hydrogens (tertiary/aromatic N) is 3. The zero-order valence-corrected chi connectivity index (χ0v) is 11.7. The zero-order valence-electron chi connectivity index (χ0n) is 11.7. The molecule has 1 saturated heterocycles. The van der Waals surface area contributed by atoms with Gasteiger partial charge in [0.25, 0.3) is 5.85 Å². The van der Waals surface area contributed by atoms with E-state index >= 15 is 0 Å². The number of alkyl halides is 4. The van der Waals surface area contributed by atoms with Gasteiger partial charge in [-0.25, -0.2) is 14.8 Å². The van der Waals surface area contributed by atoms with Crippen LogP contribution in [-0.2, 0) is 10.9 Å². The lowest BCUT2D eigenvalue weighted by atomic mass is 10.1. The fourth-order valence-electron chi connectivity index (χ4n) is 2.02. The fraction of sp³-hybridized carbons (Fsp3) is 0.583. The van der Waals surface area contributed by atoms with Crippen LogP contribution in [0.15, 0.2) is 12.3 Å². The Labute approximate surface area is 123 Å². The van der Waals surface area contributed by atoms with E-state index in [2.05, 4.69) is 20.0 Å². The molecule has 0 atom stereocenters. The highest BCUT2D eigenvalue weighted by atomic mass is 19.4. The topological polar surface area (TPSA) is 67.3 Å². The first-order valence-electron chi connectivity index (χ1n) is 6.48. The molecule has 0 saturated carbocycles. The van der Waals surface area contributed by atoms with Gasteiger partial charge in [-0.05, 0) is 6.07 Å². The van der Waals surface area contributed by atoms with Crippen molar-refractivity contribution in [2.45, 2.75) is 24.9 Å². The summed E-state index contributed by atoms with van der Waals surface area (Å²) in [6, 6.07) is 0.765. The van der Waals surface area contributed by atoms with Crippen molar-refractivity contribution in [3.8, 4) is 0 Å². The minimum atomic E-state index is -4.57. The van der Waals surface area contributed by atoms with Crippen LogP contribution in [0.2, 0.25) is 0 Å². The summed E-state index contributed by atoms with van der Waals surface area (Å²) >= 11 is 0. The first-order chi connectivity index (χ1) is 10.2. The number of alkyl carbamates (subject to hydrolysis) is 1. The molecule has 0 bridgehead atoms. The second-order valence-electron chi connectivity index (χ2n) is 4.75. The zero-order chi connectivity index (χ0) is 16.4. The van der Waals surface area contributed by atoms with E-state index in [0.29, 0.717) is 0 Å². The number of amides is 1. The Balaban J connectivity index is 2.04. The normalized spacial score (nSPS) is 18.0. The van der Waals surface area contributed by atoms with E-state index in [1.54, 1.807) is 0 Å². The van der Waals surface area contributed by atoms with Crippen molar-refractivity contribution in [1.29, 1.82) is 0 Å². The van der Waals surface area contributed by atoms with E-state index < -0.39 is 23.8 Å². The Morgan fingerprint density at radius 2 is 2.05 bits per heavy atom. The molecular weight excluding hydrogens is 308 g/mol. The van der Waals surface area contributed by atoms with Gasteiger partial charge in [-0.15, -0.1) is 0 Å². The van der Waals surface area contributed by atoms with Gasteiger partial charge in [0.2, 0.25) is 5.95 Å².